The number of ether oxygens (including phenoxy) is 2. The number of carbonyl (C=O) groups is 3. The van der Waals surface area contributed by atoms with E-state index in [-0.39, 0.29) is 31.0 Å². The standard InChI is InChI=1S/C24H34N6O6S/c1-3-30-23(34)18(37-24(30)15(12-25)22(33)27-16-6-4-7-17(16)31)13-26-19-8-5-9-20(28-19)29-21(32)14-36-11-10-35-2/h5,8-9,15-18,24,31H,3-4,6-7,10-11,13-14H2,1-2H3,(H,27,33)(H2,26,28,29,32)/t15?,16-,17-,18?,24?/m0/s1. The maximum Gasteiger partial charge on any atom is 0.251 e. The first-order valence-corrected chi connectivity index (χ1v) is 13.2. The van der Waals surface area contributed by atoms with Crippen LogP contribution in [0.5, 0.6) is 0 Å². The van der Waals surface area contributed by atoms with Crippen LogP contribution in [0.1, 0.15) is 26.2 Å². The predicted octanol–water partition coefficient (Wildman–Crippen LogP) is 0.554. The zero-order valence-electron chi connectivity index (χ0n) is 21.0. The van der Waals surface area contributed by atoms with Gasteiger partial charge in [0.15, 0.2) is 5.92 Å². The van der Waals surface area contributed by atoms with Crippen molar-refractivity contribution in [2.45, 2.75) is 49.0 Å². The highest BCUT2D eigenvalue weighted by molar-refractivity contribution is 8.01. The summed E-state index contributed by atoms with van der Waals surface area (Å²) >= 11 is 1.26. The van der Waals surface area contributed by atoms with Gasteiger partial charge < -0.3 is 35.4 Å². The van der Waals surface area contributed by atoms with Crippen LogP contribution in [-0.4, -0.2) is 95.5 Å². The number of methoxy groups -OCH3 is 1. The Morgan fingerprint density at radius 2 is 2.11 bits per heavy atom. The number of rotatable bonds is 13. The summed E-state index contributed by atoms with van der Waals surface area (Å²) < 4.78 is 10.1. The number of aromatic nitrogens is 1. The molecule has 3 amide bonds. The number of nitrogens with zero attached hydrogens (tertiary/aromatic N) is 3. The maximum absolute atomic E-state index is 13.1. The highest BCUT2D eigenvalue weighted by Gasteiger charge is 2.46. The highest BCUT2D eigenvalue weighted by atomic mass is 32.2. The largest absolute Gasteiger partial charge is 0.391 e. The van der Waals surface area contributed by atoms with Gasteiger partial charge in [0.2, 0.25) is 11.8 Å². The average molecular weight is 535 g/mol. The molecule has 0 bridgehead atoms. The van der Waals surface area contributed by atoms with Gasteiger partial charge in [-0.15, -0.1) is 11.8 Å². The van der Waals surface area contributed by atoms with Crippen LogP contribution in [0, 0.1) is 17.2 Å². The first kappa shape index (κ1) is 28.6. The first-order chi connectivity index (χ1) is 17.9. The summed E-state index contributed by atoms with van der Waals surface area (Å²) in [5.41, 5.74) is 0. The molecule has 1 aliphatic heterocycles. The third kappa shape index (κ3) is 7.78. The highest BCUT2D eigenvalue weighted by Crippen LogP contribution is 2.36. The molecule has 202 valence electrons. The van der Waals surface area contributed by atoms with Crippen LogP contribution in [0.15, 0.2) is 18.2 Å². The minimum atomic E-state index is -1.06. The smallest absolute Gasteiger partial charge is 0.251 e. The molecular weight excluding hydrogens is 500 g/mol. The Morgan fingerprint density at radius 3 is 2.78 bits per heavy atom. The van der Waals surface area contributed by atoms with Crippen molar-refractivity contribution in [3.05, 3.63) is 18.2 Å². The van der Waals surface area contributed by atoms with Crippen molar-refractivity contribution < 1.29 is 29.0 Å². The summed E-state index contributed by atoms with van der Waals surface area (Å²) in [5.74, 6) is -1.26. The van der Waals surface area contributed by atoms with Gasteiger partial charge in [0.25, 0.3) is 5.91 Å². The number of nitriles is 1. The van der Waals surface area contributed by atoms with Crippen LogP contribution < -0.4 is 16.0 Å². The zero-order chi connectivity index (χ0) is 26.8. The second-order valence-electron chi connectivity index (χ2n) is 8.74. The number of aliphatic hydroxyl groups is 1. The number of anilines is 2. The Labute approximate surface area is 220 Å². The lowest BCUT2D eigenvalue weighted by Gasteiger charge is -2.26. The van der Waals surface area contributed by atoms with Gasteiger partial charge in [0.1, 0.15) is 28.9 Å². The Kier molecular flexibility index (Phi) is 10.9. The minimum Gasteiger partial charge on any atom is -0.391 e. The fraction of sp³-hybridized carbons (Fsp3) is 0.625. The molecule has 1 aromatic heterocycles. The second-order valence-corrected chi connectivity index (χ2v) is 10.1. The Bertz CT molecular complexity index is 991. The normalized spacial score (nSPS) is 23.9. The molecule has 12 nitrogen and oxygen atoms in total. The third-order valence-electron chi connectivity index (χ3n) is 6.17. The van der Waals surface area contributed by atoms with Crippen molar-refractivity contribution in [2.75, 3.05) is 50.7 Å². The molecule has 2 fully saturated rings. The van der Waals surface area contributed by atoms with E-state index < -0.39 is 28.6 Å². The molecule has 2 aliphatic rings. The molecule has 5 atom stereocenters. The van der Waals surface area contributed by atoms with E-state index in [0.717, 1.165) is 6.42 Å². The van der Waals surface area contributed by atoms with Gasteiger partial charge in [-0.1, -0.05) is 6.07 Å². The number of thioether (sulfide) groups is 1. The van der Waals surface area contributed by atoms with Gasteiger partial charge in [-0.2, -0.15) is 5.26 Å². The summed E-state index contributed by atoms with van der Waals surface area (Å²) in [6, 6.07) is 6.76. The minimum absolute atomic E-state index is 0.127. The van der Waals surface area contributed by atoms with Crippen molar-refractivity contribution in [2.24, 2.45) is 5.92 Å². The molecule has 0 radical (unpaired) electrons. The lowest BCUT2D eigenvalue weighted by molar-refractivity contribution is -0.131. The number of amides is 3. The van der Waals surface area contributed by atoms with E-state index in [9.17, 15) is 24.8 Å². The van der Waals surface area contributed by atoms with Crippen molar-refractivity contribution in [3.63, 3.8) is 0 Å². The summed E-state index contributed by atoms with van der Waals surface area (Å²) in [4.78, 5) is 43.8. The number of carbonyl (C=O) groups excluding carboxylic acids is 3. The Hall–Kier alpha value is -2.92. The number of pyridine rings is 1. The Morgan fingerprint density at radius 1 is 1.32 bits per heavy atom. The van der Waals surface area contributed by atoms with Crippen molar-refractivity contribution >= 4 is 41.1 Å². The first-order valence-electron chi connectivity index (χ1n) is 12.3. The van der Waals surface area contributed by atoms with E-state index in [2.05, 4.69) is 27.0 Å². The van der Waals surface area contributed by atoms with E-state index in [0.29, 0.717) is 44.2 Å². The molecule has 4 N–H and O–H groups in total. The van der Waals surface area contributed by atoms with Crippen molar-refractivity contribution in [3.8, 4) is 6.07 Å². The Balaban J connectivity index is 1.56. The molecule has 0 spiro atoms. The van der Waals surface area contributed by atoms with Gasteiger partial charge in [-0.05, 0) is 38.3 Å². The topological polar surface area (TPSA) is 166 Å². The molecule has 13 heteroatoms. The lowest BCUT2D eigenvalue weighted by atomic mass is 10.1. The maximum atomic E-state index is 13.1. The molecule has 1 aliphatic carbocycles. The van der Waals surface area contributed by atoms with Crippen LogP contribution in [0.4, 0.5) is 11.6 Å². The van der Waals surface area contributed by atoms with E-state index >= 15 is 0 Å². The quantitative estimate of drug-likeness (QED) is 0.263. The van der Waals surface area contributed by atoms with Crippen LogP contribution in [0.25, 0.3) is 0 Å². The SMILES string of the molecule is CCN1C(=O)C(CNc2cccc(NC(=O)COCCOC)n2)SC1C(C#N)C(=O)N[C@H]1CCC[C@@H]1O. The van der Waals surface area contributed by atoms with E-state index in [1.54, 1.807) is 37.1 Å². The fourth-order valence-electron chi connectivity index (χ4n) is 4.26. The van der Waals surface area contributed by atoms with Crippen molar-refractivity contribution in [1.29, 1.82) is 5.26 Å². The number of nitrogens with one attached hydrogen (secondary N) is 3. The molecule has 3 rings (SSSR count). The van der Waals surface area contributed by atoms with Gasteiger partial charge in [0.05, 0.1) is 31.4 Å². The van der Waals surface area contributed by atoms with Crippen LogP contribution in [0.2, 0.25) is 0 Å². The summed E-state index contributed by atoms with van der Waals surface area (Å²) in [7, 11) is 1.55. The fourth-order valence-corrected chi connectivity index (χ4v) is 5.77. The van der Waals surface area contributed by atoms with Crippen LogP contribution in [-0.2, 0) is 23.9 Å². The molecule has 37 heavy (non-hydrogen) atoms. The van der Waals surface area contributed by atoms with Gasteiger partial charge in [0, 0.05) is 20.2 Å². The summed E-state index contributed by atoms with van der Waals surface area (Å²) in [6.45, 7) is 2.96. The lowest BCUT2D eigenvalue weighted by Crippen LogP contribution is -2.48. The second kappa shape index (κ2) is 14.1. The van der Waals surface area contributed by atoms with Gasteiger partial charge in [-0.25, -0.2) is 4.98 Å². The summed E-state index contributed by atoms with van der Waals surface area (Å²) in [5, 5.41) is 27.2. The molecule has 2 heterocycles. The van der Waals surface area contributed by atoms with Crippen LogP contribution in [0.3, 0.4) is 0 Å². The number of aliphatic hydroxyl groups excluding tert-OH is 1. The molecular formula is C24H34N6O6S. The molecule has 1 saturated carbocycles. The molecule has 0 aromatic carbocycles. The average Bonchev–Trinajstić information content (AvgIpc) is 3.43. The molecule has 1 saturated heterocycles. The predicted molar refractivity (Wildman–Crippen MR) is 137 cm³/mol. The van der Waals surface area contributed by atoms with E-state index in [1.807, 2.05) is 0 Å². The third-order valence-corrected chi connectivity index (χ3v) is 7.68. The molecule has 3 unspecified atom stereocenters. The number of hydrogen-bond acceptors (Lipinski definition) is 10. The van der Waals surface area contributed by atoms with Gasteiger partial charge in [-0.3, -0.25) is 14.4 Å². The van der Waals surface area contributed by atoms with E-state index in [1.165, 1.54) is 11.8 Å². The van der Waals surface area contributed by atoms with Gasteiger partial charge >= 0.3 is 0 Å². The number of hydrogen-bond donors (Lipinski definition) is 4. The zero-order valence-corrected chi connectivity index (χ0v) is 21.8. The monoisotopic (exact) mass is 534 g/mol. The summed E-state index contributed by atoms with van der Waals surface area (Å²) in [6.07, 6.45) is 1.49. The van der Waals surface area contributed by atoms with E-state index in [4.69, 9.17) is 9.47 Å². The van der Waals surface area contributed by atoms with Crippen molar-refractivity contribution in [1.82, 2.24) is 15.2 Å². The van der Waals surface area contributed by atoms with Crippen LogP contribution >= 0.6 is 11.8 Å². The molecule has 1 aromatic rings.